The molecule has 6 aromatic rings. The Balaban J connectivity index is 0.905. The average molecular weight is 843 g/mol. The van der Waals surface area contributed by atoms with Gasteiger partial charge in [-0.2, -0.15) is 0 Å². The van der Waals surface area contributed by atoms with E-state index in [0.29, 0.717) is 6.04 Å². The highest BCUT2D eigenvalue weighted by Gasteiger charge is 2.47. The third-order valence-electron chi connectivity index (χ3n) is 14.0. The zero-order valence-electron chi connectivity index (χ0n) is 37.4. The van der Waals surface area contributed by atoms with Gasteiger partial charge >= 0.3 is 0 Å². The number of rotatable bonds is 10. The summed E-state index contributed by atoms with van der Waals surface area (Å²) in [5.74, 6) is 0. The number of nitrogens with zero attached hydrogens (tertiary/aromatic N) is 4. The molecule has 0 fully saturated rings. The first kappa shape index (κ1) is 40.2. The summed E-state index contributed by atoms with van der Waals surface area (Å²) in [6.45, 7) is 6.80. The fourth-order valence-corrected chi connectivity index (χ4v) is 10.9. The van der Waals surface area contributed by atoms with Crippen LogP contribution < -0.4 is 14.7 Å². The van der Waals surface area contributed by atoms with Gasteiger partial charge < -0.3 is 19.6 Å². The molecule has 2 aliphatic heterocycles. The highest BCUT2D eigenvalue weighted by atomic mass is 15.2. The van der Waals surface area contributed by atoms with Crippen molar-refractivity contribution in [3.63, 3.8) is 0 Å². The van der Waals surface area contributed by atoms with Crippen molar-refractivity contribution in [1.82, 2.24) is 4.90 Å². The first-order valence-corrected chi connectivity index (χ1v) is 23.1. The topological polar surface area (TPSA) is 13.0 Å². The van der Waals surface area contributed by atoms with Crippen LogP contribution in [0, 0.1) is 0 Å². The molecule has 0 amide bonds. The van der Waals surface area contributed by atoms with E-state index >= 15 is 0 Å². The number of fused-ring (bicyclic) bond motifs is 4. The zero-order chi connectivity index (χ0) is 43.9. The van der Waals surface area contributed by atoms with Crippen molar-refractivity contribution in [2.45, 2.75) is 57.2 Å². The van der Waals surface area contributed by atoms with Crippen LogP contribution in [0.1, 0.15) is 39.2 Å². The summed E-state index contributed by atoms with van der Waals surface area (Å²) in [4.78, 5) is 10.0. The lowest BCUT2D eigenvalue weighted by Gasteiger charge is -2.39. The van der Waals surface area contributed by atoms with Gasteiger partial charge in [0.1, 0.15) is 0 Å². The Bertz CT molecular complexity index is 2970. The lowest BCUT2D eigenvalue weighted by atomic mass is 9.75. The van der Waals surface area contributed by atoms with Crippen LogP contribution in [-0.2, 0) is 5.41 Å². The van der Waals surface area contributed by atoms with Crippen LogP contribution in [0.5, 0.6) is 0 Å². The second-order valence-corrected chi connectivity index (χ2v) is 17.8. The van der Waals surface area contributed by atoms with Gasteiger partial charge in [0.2, 0.25) is 0 Å². The summed E-state index contributed by atoms with van der Waals surface area (Å²) >= 11 is 0. The van der Waals surface area contributed by atoms with Crippen LogP contribution in [-0.4, -0.2) is 23.0 Å². The van der Waals surface area contributed by atoms with Gasteiger partial charge in [-0.05, 0) is 140 Å². The Hall–Kier alpha value is -7.56. The maximum atomic E-state index is 2.66. The summed E-state index contributed by atoms with van der Waals surface area (Å²) in [7, 11) is 0. The Morgan fingerprint density at radius 1 is 0.646 bits per heavy atom. The number of para-hydroxylation sites is 4. The summed E-state index contributed by atoms with van der Waals surface area (Å²) in [5.41, 5.74) is 17.1. The van der Waals surface area contributed by atoms with E-state index < -0.39 is 0 Å². The van der Waals surface area contributed by atoms with Gasteiger partial charge in [0.25, 0.3) is 0 Å². The van der Waals surface area contributed by atoms with Gasteiger partial charge in [-0.15, -0.1) is 0 Å². The minimum Gasteiger partial charge on any atom is -0.360 e. The van der Waals surface area contributed by atoms with E-state index in [1.54, 1.807) is 0 Å². The fraction of sp³-hybridized carbons (Fsp3) is 0.148. The van der Waals surface area contributed by atoms with Crippen LogP contribution in [0.3, 0.4) is 0 Å². The van der Waals surface area contributed by atoms with Gasteiger partial charge in [0.15, 0.2) is 0 Å². The molecule has 4 nitrogen and oxygen atoms in total. The molecule has 2 heterocycles. The predicted octanol–water partition coefficient (Wildman–Crippen LogP) is 15.2. The van der Waals surface area contributed by atoms with Crippen LogP contribution in [0.4, 0.5) is 34.1 Å². The Morgan fingerprint density at radius 2 is 1.25 bits per heavy atom. The molecular weight excluding hydrogens is 789 g/mol. The molecule has 3 aliphatic carbocycles. The van der Waals surface area contributed by atoms with E-state index in [1.807, 2.05) is 0 Å². The molecule has 318 valence electrons. The SMILES string of the molecule is C/C=C\C1=C(C)N(C2C=CC=CC2)C2CC(N(c3ccccc3)c3ccc(-c4ccc(N(C5=CC6N(c7ccccc7)c7ccccc7C6(C)C=C5)c5ccccc5)cc4)cc3)=CC=C12. The maximum absolute atomic E-state index is 2.66. The third kappa shape index (κ3) is 7.10. The molecule has 0 saturated heterocycles. The van der Waals surface area contributed by atoms with E-state index in [2.05, 4.69) is 271 Å². The molecule has 4 unspecified atom stereocenters. The van der Waals surface area contributed by atoms with E-state index in [9.17, 15) is 0 Å². The summed E-state index contributed by atoms with van der Waals surface area (Å²) in [5, 5.41) is 0. The molecule has 0 aromatic heterocycles. The van der Waals surface area contributed by atoms with E-state index in [1.165, 1.54) is 50.6 Å². The average Bonchev–Trinajstić information content (AvgIpc) is 3.79. The molecule has 4 atom stereocenters. The summed E-state index contributed by atoms with van der Waals surface area (Å²) in [6, 6.07) is 60.2. The highest BCUT2D eigenvalue weighted by Crippen LogP contribution is 2.53. The smallest absolute Gasteiger partial charge is 0.0675 e. The standard InChI is InChI=1S/C61H54N4/c1-4-19-55-44(2)62(47-20-9-5-10-21-47)59-42-53(38-39-56(55)59)63(48-22-11-6-12-23-48)51-34-30-45(31-35-51)46-32-36-52(37-33-46)64(49-24-13-7-14-25-49)54-40-41-61(3)57-28-17-18-29-58(57)65(60(61)43-54)50-26-15-8-16-27-50/h4-20,22-41,43,47,59-60H,21,42H2,1-3H3/b19-4-. The normalized spacial score (nSPS) is 21.8. The molecule has 4 heteroatoms. The van der Waals surface area contributed by atoms with Crippen molar-refractivity contribution in [3.05, 3.63) is 264 Å². The summed E-state index contributed by atoms with van der Waals surface area (Å²) in [6.07, 6.45) is 27.4. The van der Waals surface area contributed by atoms with Gasteiger partial charge in [-0.1, -0.05) is 146 Å². The van der Waals surface area contributed by atoms with E-state index in [0.717, 1.165) is 41.3 Å². The molecular formula is C61H54N4. The quantitative estimate of drug-likeness (QED) is 0.136. The molecule has 5 aliphatic rings. The van der Waals surface area contributed by atoms with Gasteiger partial charge in [-0.25, -0.2) is 0 Å². The van der Waals surface area contributed by atoms with Crippen molar-refractivity contribution < 1.29 is 0 Å². The van der Waals surface area contributed by atoms with E-state index in [4.69, 9.17) is 0 Å². The van der Waals surface area contributed by atoms with Crippen LogP contribution >= 0.6 is 0 Å². The fourth-order valence-electron chi connectivity index (χ4n) is 10.9. The van der Waals surface area contributed by atoms with Crippen molar-refractivity contribution in [2.75, 3.05) is 14.7 Å². The molecule has 11 rings (SSSR count). The highest BCUT2D eigenvalue weighted by molar-refractivity contribution is 5.81. The molecule has 6 aromatic carbocycles. The minimum atomic E-state index is -0.176. The lowest BCUT2D eigenvalue weighted by Crippen LogP contribution is -2.41. The van der Waals surface area contributed by atoms with Gasteiger partial charge in [-0.3, -0.25) is 0 Å². The van der Waals surface area contributed by atoms with Gasteiger partial charge in [0, 0.05) is 63.1 Å². The van der Waals surface area contributed by atoms with E-state index in [-0.39, 0.29) is 17.5 Å². The predicted molar refractivity (Wildman–Crippen MR) is 273 cm³/mol. The maximum Gasteiger partial charge on any atom is 0.0675 e. The number of allylic oxidation sites excluding steroid dienone is 8. The second-order valence-electron chi connectivity index (χ2n) is 17.8. The second kappa shape index (κ2) is 16.9. The zero-order valence-corrected chi connectivity index (χ0v) is 37.4. The van der Waals surface area contributed by atoms with Gasteiger partial charge in [0.05, 0.1) is 18.1 Å². The molecule has 0 spiro atoms. The Morgan fingerprint density at radius 3 is 1.89 bits per heavy atom. The van der Waals surface area contributed by atoms with Crippen LogP contribution in [0.25, 0.3) is 11.1 Å². The van der Waals surface area contributed by atoms with Crippen molar-refractivity contribution in [3.8, 4) is 11.1 Å². The van der Waals surface area contributed by atoms with Crippen molar-refractivity contribution >= 4 is 34.1 Å². The first-order chi connectivity index (χ1) is 32.0. The number of hydrogen-bond donors (Lipinski definition) is 0. The third-order valence-corrected chi connectivity index (χ3v) is 14.0. The molecule has 0 radical (unpaired) electrons. The number of benzene rings is 6. The Labute approximate surface area is 384 Å². The molecule has 0 saturated carbocycles. The van der Waals surface area contributed by atoms with Crippen LogP contribution in [0.15, 0.2) is 259 Å². The largest absolute Gasteiger partial charge is 0.360 e. The number of anilines is 6. The Kier molecular flexibility index (Phi) is 10.4. The monoisotopic (exact) mass is 842 g/mol. The summed E-state index contributed by atoms with van der Waals surface area (Å²) < 4.78 is 0. The number of hydrogen-bond acceptors (Lipinski definition) is 4. The molecule has 0 bridgehead atoms. The first-order valence-electron chi connectivity index (χ1n) is 23.1. The van der Waals surface area contributed by atoms with Crippen molar-refractivity contribution in [2.24, 2.45) is 0 Å². The van der Waals surface area contributed by atoms with Crippen molar-refractivity contribution in [1.29, 1.82) is 0 Å². The molecule has 65 heavy (non-hydrogen) atoms. The minimum absolute atomic E-state index is 0.101. The lowest BCUT2D eigenvalue weighted by molar-refractivity contribution is 0.252. The molecule has 0 N–H and O–H groups in total. The van der Waals surface area contributed by atoms with Crippen LogP contribution in [0.2, 0.25) is 0 Å².